The van der Waals surface area contributed by atoms with Crippen molar-refractivity contribution in [3.05, 3.63) is 33.3 Å². The van der Waals surface area contributed by atoms with Gasteiger partial charge in [0.15, 0.2) is 11.5 Å². The van der Waals surface area contributed by atoms with E-state index in [9.17, 15) is 4.79 Å². The molecule has 0 N–H and O–H groups in total. The van der Waals surface area contributed by atoms with Crippen LogP contribution in [0.5, 0.6) is 5.75 Å². The van der Waals surface area contributed by atoms with Crippen LogP contribution in [0.4, 0.5) is 0 Å². The van der Waals surface area contributed by atoms with Gasteiger partial charge in [-0.1, -0.05) is 22.0 Å². The van der Waals surface area contributed by atoms with Crippen molar-refractivity contribution in [2.45, 2.75) is 6.92 Å². The van der Waals surface area contributed by atoms with Crippen LogP contribution in [0.2, 0.25) is 0 Å². The molecule has 0 aliphatic heterocycles. The number of rotatable bonds is 3. The summed E-state index contributed by atoms with van der Waals surface area (Å²) in [5.74, 6) is 0.572. The van der Waals surface area contributed by atoms with Gasteiger partial charge in [0.1, 0.15) is 12.1 Å². The number of Topliss-reactive ketones (excluding diaryl/α,β-unsaturated/α-hetero) is 1. The molecule has 0 unspecified atom stereocenters. The third-order valence-corrected chi connectivity index (χ3v) is 3.42. The fourth-order valence-electron chi connectivity index (χ4n) is 1.46. The summed E-state index contributed by atoms with van der Waals surface area (Å²) in [7, 11) is 0. The Morgan fingerprint density at radius 2 is 2.18 bits per heavy atom. The second-order valence-corrected chi connectivity index (χ2v) is 5.27. The predicted octanol–water partition coefficient (Wildman–Crippen LogP) is 3.73. The predicted molar refractivity (Wildman–Crippen MR) is 73.3 cm³/mol. The number of ketones is 1. The van der Waals surface area contributed by atoms with Crippen LogP contribution in [-0.2, 0) is 4.79 Å². The van der Waals surface area contributed by atoms with E-state index in [-0.39, 0.29) is 12.4 Å². The molecule has 1 aromatic heterocycles. The summed E-state index contributed by atoms with van der Waals surface area (Å²) in [5, 5.41) is 0.953. The normalized spacial score (nSPS) is 10.5. The van der Waals surface area contributed by atoms with Crippen molar-refractivity contribution in [1.29, 1.82) is 0 Å². The highest BCUT2D eigenvalue weighted by Gasteiger charge is 2.12. The third kappa shape index (κ3) is 2.66. The molecule has 5 heteroatoms. The maximum Gasteiger partial charge on any atom is 0.167 e. The van der Waals surface area contributed by atoms with Crippen molar-refractivity contribution < 1.29 is 9.53 Å². The Balaban J connectivity index is 2.57. The lowest BCUT2D eigenvalue weighted by molar-refractivity contribution is -0.118. The van der Waals surface area contributed by atoms with Gasteiger partial charge in [-0.2, -0.15) is 0 Å². The molecule has 0 atom stereocenters. The van der Waals surface area contributed by atoms with E-state index < -0.39 is 0 Å². The van der Waals surface area contributed by atoms with Gasteiger partial charge in [0.05, 0.1) is 4.47 Å². The Bertz CT molecular complexity index is 584. The molecule has 0 radical (unpaired) electrons. The lowest BCUT2D eigenvalue weighted by Crippen LogP contribution is -2.07. The van der Waals surface area contributed by atoms with Crippen molar-refractivity contribution in [2.75, 3.05) is 6.61 Å². The molecular formula is C12H9Br2NO2. The molecule has 2 rings (SSSR count). The minimum Gasteiger partial charge on any atom is -0.482 e. The Morgan fingerprint density at radius 3 is 2.88 bits per heavy atom. The number of carbonyl (C=O) groups excluding carboxylic acids is 1. The highest BCUT2D eigenvalue weighted by atomic mass is 79.9. The molecule has 88 valence electrons. The first-order valence-corrected chi connectivity index (χ1v) is 6.53. The topological polar surface area (TPSA) is 39.2 Å². The summed E-state index contributed by atoms with van der Waals surface area (Å²) in [5.41, 5.74) is 0.731. The number of halogens is 2. The lowest BCUT2D eigenvalue weighted by atomic mass is 10.2. The molecular weight excluding hydrogens is 350 g/mol. The van der Waals surface area contributed by atoms with Crippen molar-refractivity contribution >= 4 is 48.5 Å². The van der Waals surface area contributed by atoms with E-state index in [1.54, 1.807) is 6.20 Å². The number of hydrogen-bond acceptors (Lipinski definition) is 3. The number of ether oxygens (including phenoxy) is 1. The Kier molecular flexibility index (Phi) is 3.79. The van der Waals surface area contributed by atoms with E-state index in [2.05, 4.69) is 36.8 Å². The van der Waals surface area contributed by atoms with E-state index >= 15 is 0 Å². The molecule has 3 nitrogen and oxygen atoms in total. The van der Waals surface area contributed by atoms with E-state index in [1.165, 1.54) is 6.92 Å². The molecule has 1 heterocycles. The zero-order valence-electron chi connectivity index (χ0n) is 9.04. The summed E-state index contributed by atoms with van der Waals surface area (Å²) in [6.07, 6.45) is 1.70. The van der Waals surface area contributed by atoms with Gasteiger partial charge >= 0.3 is 0 Å². The average Bonchev–Trinajstić information content (AvgIpc) is 2.28. The number of fused-ring (bicyclic) bond motifs is 1. The minimum atomic E-state index is -0.0242. The van der Waals surface area contributed by atoms with Crippen LogP contribution >= 0.6 is 31.9 Å². The van der Waals surface area contributed by atoms with E-state index in [1.807, 2.05) is 18.2 Å². The molecule has 0 saturated carbocycles. The van der Waals surface area contributed by atoms with Crippen molar-refractivity contribution in [1.82, 2.24) is 4.98 Å². The summed E-state index contributed by atoms with van der Waals surface area (Å²) in [4.78, 5) is 15.2. The molecule has 0 aliphatic rings. The van der Waals surface area contributed by atoms with E-state index in [0.29, 0.717) is 5.75 Å². The smallest absolute Gasteiger partial charge is 0.167 e. The van der Waals surface area contributed by atoms with Crippen LogP contribution in [-0.4, -0.2) is 17.4 Å². The van der Waals surface area contributed by atoms with Gasteiger partial charge in [0.2, 0.25) is 0 Å². The van der Waals surface area contributed by atoms with Crippen LogP contribution in [0, 0.1) is 0 Å². The molecule has 1 aromatic carbocycles. The number of carbonyl (C=O) groups is 1. The van der Waals surface area contributed by atoms with Gasteiger partial charge in [-0.25, -0.2) is 0 Å². The summed E-state index contributed by atoms with van der Waals surface area (Å²) in [6.45, 7) is 1.54. The van der Waals surface area contributed by atoms with Gasteiger partial charge in [0, 0.05) is 16.1 Å². The summed E-state index contributed by atoms with van der Waals surface area (Å²) in [6, 6.07) is 5.69. The fraction of sp³-hybridized carbons (Fsp3) is 0.167. The molecule has 17 heavy (non-hydrogen) atoms. The number of pyridine rings is 1. The zero-order valence-corrected chi connectivity index (χ0v) is 12.2. The van der Waals surface area contributed by atoms with Crippen molar-refractivity contribution in [3.63, 3.8) is 0 Å². The van der Waals surface area contributed by atoms with Gasteiger partial charge in [-0.3, -0.25) is 9.78 Å². The summed E-state index contributed by atoms with van der Waals surface area (Å²) < 4.78 is 7.19. The molecule has 0 saturated heterocycles. The molecule has 0 aliphatic carbocycles. The maximum atomic E-state index is 11.0. The maximum absolute atomic E-state index is 11.0. The first-order chi connectivity index (χ1) is 8.09. The van der Waals surface area contributed by atoms with Gasteiger partial charge in [-0.15, -0.1) is 0 Å². The first kappa shape index (κ1) is 12.5. The van der Waals surface area contributed by atoms with Crippen LogP contribution < -0.4 is 4.74 Å². The standard InChI is InChI=1S/C12H9Br2NO2/c1-7(16)6-17-12-10(14)5-9(13)8-3-2-4-15-11(8)12/h2-5H,6H2,1H3. The average molecular weight is 359 g/mol. The SMILES string of the molecule is CC(=O)COc1c(Br)cc(Br)c2cccnc12. The third-order valence-electron chi connectivity index (χ3n) is 2.17. The number of benzene rings is 1. The largest absolute Gasteiger partial charge is 0.482 e. The Labute approximate surface area is 115 Å². The van der Waals surface area contributed by atoms with Crippen LogP contribution in [0.25, 0.3) is 10.9 Å². The number of hydrogen-bond donors (Lipinski definition) is 0. The molecule has 0 bridgehead atoms. The van der Waals surface area contributed by atoms with Crippen molar-refractivity contribution in [3.8, 4) is 5.75 Å². The van der Waals surface area contributed by atoms with Gasteiger partial charge < -0.3 is 4.74 Å². The quantitative estimate of drug-likeness (QED) is 0.839. The highest BCUT2D eigenvalue weighted by Crippen LogP contribution is 2.37. The zero-order chi connectivity index (χ0) is 12.4. The van der Waals surface area contributed by atoms with Gasteiger partial charge in [0.25, 0.3) is 0 Å². The minimum absolute atomic E-state index is 0.0242. The van der Waals surface area contributed by atoms with Crippen LogP contribution in [0.3, 0.4) is 0 Å². The highest BCUT2D eigenvalue weighted by molar-refractivity contribution is 9.11. The monoisotopic (exact) mass is 357 g/mol. The Hall–Kier alpha value is -0.940. The van der Waals surface area contributed by atoms with Crippen LogP contribution in [0.1, 0.15) is 6.92 Å². The van der Waals surface area contributed by atoms with Crippen LogP contribution in [0.15, 0.2) is 33.3 Å². The van der Waals surface area contributed by atoms with Gasteiger partial charge in [-0.05, 0) is 35.0 Å². The Morgan fingerprint density at radius 1 is 1.41 bits per heavy atom. The molecule has 0 amide bonds. The second kappa shape index (κ2) is 5.14. The molecule has 0 spiro atoms. The molecule has 2 aromatic rings. The number of nitrogens with zero attached hydrogens (tertiary/aromatic N) is 1. The summed E-state index contributed by atoms with van der Waals surface area (Å²) >= 11 is 6.88. The van der Waals surface area contributed by atoms with E-state index in [4.69, 9.17) is 4.74 Å². The molecule has 0 fully saturated rings. The lowest BCUT2D eigenvalue weighted by Gasteiger charge is -2.10. The first-order valence-electron chi connectivity index (χ1n) is 4.94. The number of aromatic nitrogens is 1. The second-order valence-electron chi connectivity index (χ2n) is 3.56. The van der Waals surface area contributed by atoms with E-state index in [0.717, 1.165) is 19.8 Å². The van der Waals surface area contributed by atoms with Crippen molar-refractivity contribution in [2.24, 2.45) is 0 Å². The fourth-order valence-corrected chi connectivity index (χ4v) is 2.84.